The molecule has 1 unspecified atom stereocenters. The van der Waals surface area contributed by atoms with Crippen molar-refractivity contribution in [1.29, 1.82) is 0 Å². The highest BCUT2D eigenvalue weighted by molar-refractivity contribution is 6.20. The first-order valence-electron chi connectivity index (χ1n) is 5.44. The van der Waals surface area contributed by atoms with Gasteiger partial charge in [0.25, 0.3) is 5.91 Å². The van der Waals surface area contributed by atoms with Gasteiger partial charge in [-0.05, 0) is 18.6 Å². The number of aromatic hydroxyl groups is 1. The fraction of sp³-hybridized carbons (Fsp3) is 0.417. The van der Waals surface area contributed by atoms with Crippen LogP contribution in [0.5, 0.6) is 5.75 Å². The van der Waals surface area contributed by atoms with Crippen LogP contribution in [-0.4, -0.2) is 36.7 Å². The molecule has 1 aromatic carbocycles. The zero-order chi connectivity index (χ0) is 13.5. The molecule has 4 nitrogen and oxygen atoms in total. The Kier molecular flexibility index (Phi) is 5.88. The highest BCUT2D eigenvalue weighted by Crippen LogP contribution is 2.17. The summed E-state index contributed by atoms with van der Waals surface area (Å²) in [5.74, 6) is -1.44. The average Bonchev–Trinajstić information content (AvgIpc) is 2.29. The Morgan fingerprint density at radius 1 is 1.61 bits per heavy atom. The second-order valence-corrected chi connectivity index (χ2v) is 4.38. The molecule has 0 aromatic heterocycles. The first-order valence-corrected chi connectivity index (χ1v) is 5.88. The van der Waals surface area contributed by atoms with E-state index in [0.29, 0.717) is 19.6 Å². The van der Waals surface area contributed by atoms with Gasteiger partial charge in [0.05, 0.1) is 17.5 Å². The standard InChI is InChI=1S/C12H15ClFNO3/c1-18-7-8(13)4-5-15-12(17)10-3-2-9(14)6-11(10)16/h2-3,6,8,16H,4-5,7H2,1H3,(H,15,17). The minimum absolute atomic E-state index is 0.0364. The predicted octanol–water partition coefficient (Wildman–Crippen LogP) is 1.90. The molecule has 0 bridgehead atoms. The second-order valence-electron chi connectivity index (χ2n) is 3.76. The molecule has 0 spiro atoms. The number of methoxy groups -OCH3 is 1. The fourth-order valence-corrected chi connectivity index (χ4v) is 1.63. The smallest absolute Gasteiger partial charge is 0.255 e. The zero-order valence-electron chi connectivity index (χ0n) is 9.95. The maximum absolute atomic E-state index is 12.7. The molecule has 0 radical (unpaired) electrons. The summed E-state index contributed by atoms with van der Waals surface area (Å²) in [6.07, 6.45) is 0.545. The van der Waals surface area contributed by atoms with Gasteiger partial charge in [-0.15, -0.1) is 11.6 Å². The average molecular weight is 276 g/mol. The molecule has 0 fully saturated rings. The summed E-state index contributed by atoms with van der Waals surface area (Å²) in [4.78, 5) is 11.6. The van der Waals surface area contributed by atoms with Crippen LogP contribution in [0.25, 0.3) is 0 Å². The zero-order valence-corrected chi connectivity index (χ0v) is 10.7. The van der Waals surface area contributed by atoms with Gasteiger partial charge in [-0.25, -0.2) is 4.39 Å². The number of phenolic OH excluding ortho intramolecular Hbond substituents is 1. The van der Waals surface area contributed by atoms with Gasteiger partial charge >= 0.3 is 0 Å². The van der Waals surface area contributed by atoms with Crippen molar-refractivity contribution in [3.63, 3.8) is 0 Å². The summed E-state index contributed by atoms with van der Waals surface area (Å²) >= 11 is 5.89. The number of hydrogen-bond acceptors (Lipinski definition) is 3. The number of ether oxygens (including phenoxy) is 1. The van der Waals surface area contributed by atoms with Crippen molar-refractivity contribution < 1.29 is 19.0 Å². The third-order valence-corrected chi connectivity index (χ3v) is 2.64. The van der Waals surface area contributed by atoms with Crippen molar-refractivity contribution in [3.05, 3.63) is 29.6 Å². The van der Waals surface area contributed by atoms with Crippen molar-refractivity contribution in [2.75, 3.05) is 20.3 Å². The van der Waals surface area contributed by atoms with E-state index in [-0.39, 0.29) is 16.7 Å². The largest absolute Gasteiger partial charge is 0.507 e. The molecule has 6 heteroatoms. The Hall–Kier alpha value is -1.33. The molecule has 18 heavy (non-hydrogen) atoms. The van der Waals surface area contributed by atoms with Crippen LogP contribution in [0.4, 0.5) is 4.39 Å². The van der Waals surface area contributed by atoms with Crippen molar-refractivity contribution in [2.45, 2.75) is 11.8 Å². The number of carbonyl (C=O) groups is 1. The van der Waals surface area contributed by atoms with Gasteiger partial charge < -0.3 is 15.2 Å². The SMILES string of the molecule is COCC(Cl)CCNC(=O)c1ccc(F)cc1O. The van der Waals surface area contributed by atoms with E-state index in [1.54, 1.807) is 7.11 Å². The molecule has 100 valence electrons. The Bertz CT molecular complexity index is 414. The number of carbonyl (C=O) groups excluding carboxylic acids is 1. The van der Waals surface area contributed by atoms with Crippen molar-refractivity contribution in [1.82, 2.24) is 5.32 Å². The third-order valence-electron chi connectivity index (χ3n) is 2.30. The van der Waals surface area contributed by atoms with Crippen molar-refractivity contribution >= 4 is 17.5 Å². The number of alkyl halides is 1. The first kappa shape index (κ1) is 14.7. The maximum Gasteiger partial charge on any atom is 0.255 e. The number of phenols is 1. The molecule has 1 aromatic rings. The van der Waals surface area contributed by atoms with Crippen LogP contribution in [0.15, 0.2) is 18.2 Å². The molecule has 1 atom stereocenters. The fourth-order valence-electron chi connectivity index (χ4n) is 1.40. The highest BCUT2D eigenvalue weighted by atomic mass is 35.5. The van der Waals surface area contributed by atoms with Gasteiger partial charge in [-0.2, -0.15) is 0 Å². The van der Waals surface area contributed by atoms with Gasteiger partial charge in [-0.3, -0.25) is 4.79 Å². The third kappa shape index (κ3) is 4.50. The Morgan fingerprint density at radius 3 is 2.94 bits per heavy atom. The lowest BCUT2D eigenvalue weighted by Crippen LogP contribution is -2.27. The monoisotopic (exact) mass is 275 g/mol. The Morgan fingerprint density at radius 2 is 2.33 bits per heavy atom. The molecule has 1 rings (SSSR count). The molecule has 0 aliphatic heterocycles. The van der Waals surface area contributed by atoms with E-state index in [4.69, 9.17) is 16.3 Å². The molecule has 0 saturated heterocycles. The van der Waals surface area contributed by atoms with E-state index >= 15 is 0 Å². The minimum Gasteiger partial charge on any atom is -0.507 e. The number of hydrogen-bond donors (Lipinski definition) is 2. The van der Waals surface area contributed by atoms with E-state index in [1.165, 1.54) is 6.07 Å². The molecule has 0 saturated carbocycles. The molecule has 0 aliphatic rings. The lowest BCUT2D eigenvalue weighted by molar-refractivity contribution is 0.0949. The predicted molar refractivity (Wildman–Crippen MR) is 66.5 cm³/mol. The number of benzene rings is 1. The number of amides is 1. The van der Waals surface area contributed by atoms with Crippen LogP contribution in [-0.2, 0) is 4.74 Å². The molecule has 2 N–H and O–H groups in total. The summed E-state index contributed by atoms with van der Waals surface area (Å²) in [5, 5.41) is 11.8. The molecule has 1 amide bonds. The lowest BCUT2D eigenvalue weighted by atomic mass is 10.2. The Labute approximate surface area is 110 Å². The van der Waals surface area contributed by atoms with Gasteiger partial charge in [0.2, 0.25) is 0 Å². The van der Waals surface area contributed by atoms with E-state index in [2.05, 4.69) is 5.32 Å². The van der Waals surface area contributed by atoms with Gasteiger partial charge in [0.15, 0.2) is 0 Å². The first-order chi connectivity index (χ1) is 8.54. The molecule has 0 heterocycles. The van der Waals surface area contributed by atoms with Crippen LogP contribution in [0, 0.1) is 5.82 Å². The minimum atomic E-state index is -0.593. The van der Waals surface area contributed by atoms with Crippen LogP contribution in [0.1, 0.15) is 16.8 Å². The van der Waals surface area contributed by atoms with E-state index < -0.39 is 11.7 Å². The summed E-state index contributed by atoms with van der Waals surface area (Å²) < 4.78 is 17.6. The van der Waals surface area contributed by atoms with Crippen LogP contribution >= 0.6 is 11.6 Å². The van der Waals surface area contributed by atoms with Crippen LogP contribution in [0.2, 0.25) is 0 Å². The summed E-state index contributed by atoms with van der Waals surface area (Å²) in [7, 11) is 1.55. The number of rotatable bonds is 6. The number of nitrogens with one attached hydrogen (secondary N) is 1. The second kappa shape index (κ2) is 7.18. The van der Waals surface area contributed by atoms with Crippen LogP contribution < -0.4 is 5.32 Å². The summed E-state index contributed by atoms with van der Waals surface area (Å²) in [6.45, 7) is 0.756. The topological polar surface area (TPSA) is 58.6 Å². The van der Waals surface area contributed by atoms with E-state index in [1.807, 2.05) is 0 Å². The maximum atomic E-state index is 12.7. The summed E-state index contributed by atoms with van der Waals surface area (Å²) in [6, 6.07) is 3.24. The lowest BCUT2D eigenvalue weighted by Gasteiger charge is -2.10. The van der Waals surface area contributed by atoms with Gasteiger partial charge in [0.1, 0.15) is 11.6 Å². The van der Waals surface area contributed by atoms with Crippen molar-refractivity contribution in [2.24, 2.45) is 0 Å². The van der Waals surface area contributed by atoms with Crippen LogP contribution in [0.3, 0.4) is 0 Å². The molecular formula is C12H15ClFNO3. The normalized spacial score (nSPS) is 12.2. The summed E-state index contributed by atoms with van der Waals surface area (Å²) in [5.41, 5.74) is 0.0364. The van der Waals surface area contributed by atoms with Gasteiger partial charge in [-0.1, -0.05) is 0 Å². The Balaban J connectivity index is 2.45. The highest BCUT2D eigenvalue weighted by Gasteiger charge is 2.12. The molecular weight excluding hydrogens is 261 g/mol. The van der Waals surface area contributed by atoms with Gasteiger partial charge in [0, 0.05) is 19.7 Å². The van der Waals surface area contributed by atoms with E-state index in [9.17, 15) is 14.3 Å². The van der Waals surface area contributed by atoms with Crippen molar-refractivity contribution in [3.8, 4) is 5.75 Å². The quantitative estimate of drug-likeness (QED) is 0.780. The molecule has 0 aliphatic carbocycles. The number of halogens is 2. The van der Waals surface area contributed by atoms with E-state index in [0.717, 1.165) is 12.1 Å².